The zero-order valence-corrected chi connectivity index (χ0v) is 10.3. The fourth-order valence-corrected chi connectivity index (χ4v) is 1.66. The van der Waals surface area contributed by atoms with Gasteiger partial charge >= 0.3 is 5.97 Å². The number of methoxy groups -OCH3 is 1. The number of carbonyl (C=O) groups excluding carboxylic acids is 2. The highest BCUT2D eigenvalue weighted by molar-refractivity contribution is 5.83. The van der Waals surface area contributed by atoms with E-state index in [9.17, 15) is 9.59 Å². The van der Waals surface area contributed by atoms with Crippen molar-refractivity contribution in [1.29, 1.82) is 0 Å². The first kappa shape index (κ1) is 13.2. The first-order valence-electron chi connectivity index (χ1n) is 5.43. The predicted octanol–water partition coefficient (Wildman–Crippen LogP) is 1.22. The lowest BCUT2D eigenvalue weighted by molar-refractivity contribution is -0.144. The smallest absolute Gasteiger partial charge is 0.328 e. The molecule has 0 unspecified atom stereocenters. The second-order valence-electron chi connectivity index (χ2n) is 3.97. The second-order valence-corrected chi connectivity index (χ2v) is 3.97. The van der Waals surface area contributed by atoms with Crippen LogP contribution in [0.1, 0.15) is 18.1 Å². The molecule has 0 saturated carbocycles. The number of hydrogen-bond acceptors (Lipinski definition) is 3. The lowest BCUT2D eigenvalue weighted by Crippen LogP contribution is -2.41. The summed E-state index contributed by atoms with van der Waals surface area (Å²) in [5.74, 6) is -0.672. The maximum atomic E-state index is 11.5. The van der Waals surface area contributed by atoms with Gasteiger partial charge in [-0.25, -0.2) is 4.79 Å². The van der Waals surface area contributed by atoms with E-state index in [0.29, 0.717) is 6.42 Å². The molecule has 0 fully saturated rings. The standard InChI is InChI=1S/C13H17NO3/c1-9-5-4-6-11(7-9)8-12(13(16)17-3)14-10(2)15/h4-7,12H,8H2,1-3H3,(H,14,15)/t12-/m1/s1. The average Bonchev–Trinajstić information content (AvgIpc) is 2.26. The van der Waals surface area contributed by atoms with Crippen LogP contribution in [0.3, 0.4) is 0 Å². The number of esters is 1. The predicted molar refractivity (Wildman–Crippen MR) is 64.5 cm³/mol. The monoisotopic (exact) mass is 235 g/mol. The van der Waals surface area contributed by atoms with E-state index in [1.807, 2.05) is 31.2 Å². The number of hydrogen-bond donors (Lipinski definition) is 1. The molecule has 1 N–H and O–H groups in total. The Hall–Kier alpha value is -1.84. The van der Waals surface area contributed by atoms with Gasteiger partial charge in [-0.3, -0.25) is 4.79 Å². The molecule has 1 rings (SSSR count). The molecule has 0 heterocycles. The molecule has 4 nitrogen and oxygen atoms in total. The number of benzene rings is 1. The lowest BCUT2D eigenvalue weighted by atomic mass is 10.0. The van der Waals surface area contributed by atoms with Crippen LogP contribution < -0.4 is 5.32 Å². The first-order valence-corrected chi connectivity index (χ1v) is 5.43. The molecule has 17 heavy (non-hydrogen) atoms. The quantitative estimate of drug-likeness (QED) is 0.798. The highest BCUT2D eigenvalue weighted by Crippen LogP contribution is 2.07. The van der Waals surface area contributed by atoms with Crippen molar-refractivity contribution in [3.63, 3.8) is 0 Å². The lowest BCUT2D eigenvalue weighted by Gasteiger charge is -2.15. The van der Waals surface area contributed by atoms with Crippen molar-refractivity contribution in [3.05, 3.63) is 35.4 Å². The molecule has 0 radical (unpaired) electrons. The minimum absolute atomic E-state index is 0.243. The molecule has 0 bridgehead atoms. The van der Waals surface area contributed by atoms with Gasteiger partial charge in [-0.1, -0.05) is 29.8 Å². The van der Waals surface area contributed by atoms with Crippen LogP contribution in [0, 0.1) is 6.92 Å². The number of carbonyl (C=O) groups is 2. The molecule has 4 heteroatoms. The van der Waals surface area contributed by atoms with Gasteiger partial charge < -0.3 is 10.1 Å². The van der Waals surface area contributed by atoms with Gasteiger partial charge in [0, 0.05) is 13.3 Å². The summed E-state index contributed by atoms with van der Waals surface area (Å²) in [6.07, 6.45) is 0.438. The Kier molecular flexibility index (Phi) is 4.69. The van der Waals surface area contributed by atoms with Crippen LogP contribution in [-0.2, 0) is 20.7 Å². The van der Waals surface area contributed by atoms with Crippen LogP contribution >= 0.6 is 0 Å². The van der Waals surface area contributed by atoms with Crippen molar-refractivity contribution in [2.75, 3.05) is 7.11 Å². The van der Waals surface area contributed by atoms with Crippen LogP contribution in [-0.4, -0.2) is 25.0 Å². The van der Waals surface area contributed by atoms with Gasteiger partial charge in [0.2, 0.25) is 5.91 Å². The summed E-state index contributed by atoms with van der Waals surface area (Å²) in [5.41, 5.74) is 2.11. The zero-order valence-electron chi connectivity index (χ0n) is 10.3. The van der Waals surface area contributed by atoms with Gasteiger partial charge in [-0.15, -0.1) is 0 Å². The van der Waals surface area contributed by atoms with Crippen molar-refractivity contribution < 1.29 is 14.3 Å². The van der Waals surface area contributed by atoms with E-state index >= 15 is 0 Å². The summed E-state index contributed by atoms with van der Waals surface area (Å²) in [7, 11) is 1.31. The Morgan fingerprint density at radius 3 is 2.65 bits per heavy atom. The first-order chi connectivity index (χ1) is 8.02. The van der Waals surface area contributed by atoms with E-state index in [1.165, 1.54) is 14.0 Å². The van der Waals surface area contributed by atoms with E-state index in [-0.39, 0.29) is 5.91 Å². The summed E-state index contributed by atoms with van der Waals surface area (Å²) in [4.78, 5) is 22.5. The number of nitrogens with one attached hydrogen (secondary N) is 1. The van der Waals surface area contributed by atoms with Crippen LogP contribution in [0.5, 0.6) is 0 Å². The van der Waals surface area contributed by atoms with Crippen molar-refractivity contribution in [2.24, 2.45) is 0 Å². The molecule has 0 aliphatic carbocycles. The highest BCUT2D eigenvalue weighted by atomic mass is 16.5. The molecule has 0 aliphatic rings. The van der Waals surface area contributed by atoms with Gasteiger partial charge in [0.25, 0.3) is 0 Å². The van der Waals surface area contributed by atoms with E-state index in [1.54, 1.807) is 0 Å². The Morgan fingerprint density at radius 1 is 1.41 bits per heavy atom. The van der Waals surface area contributed by atoms with E-state index in [2.05, 4.69) is 10.1 Å². The van der Waals surface area contributed by atoms with Gasteiger partial charge in [-0.2, -0.15) is 0 Å². The number of aryl methyl sites for hydroxylation is 1. The van der Waals surface area contributed by atoms with Crippen molar-refractivity contribution in [1.82, 2.24) is 5.32 Å². The van der Waals surface area contributed by atoms with Crippen molar-refractivity contribution >= 4 is 11.9 Å². The summed E-state index contributed by atoms with van der Waals surface area (Å²) in [5, 5.41) is 2.59. The van der Waals surface area contributed by atoms with Gasteiger partial charge in [0.1, 0.15) is 6.04 Å². The topological polar surface area (TPSA) is 55.4 Å². The van der Waals surface area contributed by atoms with Gasteiger partial charge in [0.05, 0.1) is 7.11 Å². The molecule has 0 saturated heterocycles. The number of ether oxygens (including phenoxy) is 1. The van der Waals surface area contributed by atoms with Crippen LogP contribution in [0.4, 0.5) is 0 Å². The van der Waals surface area contributed by atoms with E-state index in [4.69, 9.17) is 0 Å². The molecule has 92 valence electrons. The Bertz CT molecular complexity index is 415. The fraction of sp³-hybridized carbons (Fsp3) is 0.385. The molecule has 0 aliphatic heterocycles. The fourth-order valence-electron chi connectivity index (χ4n) is 1.66. The van der Waals surface area contributed by atoms with E-state index in [0.717, 1.165) is 11.1 Å². The Morgan fingerprint density at radius 2 is 2.12 bits per heavy atom. The minimum atomic E-state index is -0.626. The summed E-state index contributed by atoms with van der Waals surface area (Å²) in [6.45, 7) is 3.36. The third-order valence-corrected chi connectivity index (χ3v) is 2.39. The summed E-state index contributed by atoms with van der Waals surface area (Å²) >= 11 is 0. The number of amides is 1. The number of rotatable bonds is 4. The van der Waals surface area contributed by atoms with Crippen LogP contribution in [0.2, 0.25) is 0 Å². The SMILES string of the molecule is COC(=O)[C@@H](Cc1cccc(C)c1)NC(C)=O. The molecule has 1 atom stereocenters. The third kappa shape index (κ3) is 4.26. The minimum Gasteiger partial charge on any atom is -0.467 e. The maximum Gasteiger partial charge on any atom is 0.328 e. The van der Waals surface area contributed by atoms with Crippen molar-refractivity contribution in [3.8, 4) is 0 Å². The van der Waals surface area contributed by atoms with Gasteiger partial charge in [-0.05, 0) is 12.5 Å². The van der Waals surface area contributed by atoms with Crippen molar-refractivity contribution in [2.45, 2.75) is 26.3 Å². The normalized spacial score (nSPS) is 11.7. The molecule has 1 aromatic rings. The second kappa shape index (κ2) is 6.03. The molecule has 1 amide bonds. The van der Waals surface area contributed by atoms with E-state index < -0.39 is 12.0 Å². The highest BCUT2D eigenvalue weighted by Gasteiger charge is 2.20. The summed E-state index contributed by atoms with van der Waals surface area (Å²) < 4.78 is 4.66. The molecule has 1 aromatic carbocycles. The molecular formula is C13H17NO3. The average molecular weight is 235 g/mol. The van der Waals surface area contributed by atoms with Crippen LogP contribution in [0.25, 0.3) is 0 Å². The van der Waals surface area contributed by atoms with Gasteiger partial charge in [0.15, 0.2) is 0 Å². The molecule has 0 aromatic heterocycles. The Labute approximate surface area is 101 Å². The third-order valence-electron chi connectivity index (χ3n) is 2.39. The largest absolute Gasteiger partial charge is 0.467 e. The molecule has 0 spiro atoms. The zero-order chi connectivity index (χ0) is 12.8. The summed E-state index contributed by atoms with van der Waals surface area (Å²) in [6, 6.07) is 7.18. The van der Waals surface area contributed by atoms with Crippen LogP contribution in [0.15, 0.2) is 24.3 Å². The Balaban J connectivity index is 2.78. The molecular weight excluding hydrogens is 218 g/mol. The maximum absolute atomic E-state index is 11.5.